The quantitative estimate of drug-likeness (QED) is 0.824. The highest BCUT2D eigenvalue weighted by molar-refractivity contribution is 9.10. The summed E-state index contributed by atoms with van der Waals surface area (Å²) in [5.41, 5.74) is 0.951. The summed E-state index contributed by atoms with van der Waals surface area (Å²) in [6.07, 6.45) is 0.221. The van der Waals surface area contributed by atoms with Crippen LogP contribution in [-0.4, -0.2) is 10.9 Å². The zero-order valence-electron chi connectivity index (χ0n) is 7.54. The number of hydrogen-bond acceptors (Lipinski definition) is 3. The molecule has 3 nitrogen and oxygen atoms in total. The zero-order valence-corrected chi connectivity index (χ0v) is 9.13. The maximum absolute atomic E-state index is 11.1. The lowest BCUT2D eigenvalue weighted by atomic mass is 10.1. The number of nitriles is 1. The van der Waals surface area contributed by atoms with Gasteiger partial charge in [-0.05, 0) is 40.5 Å². The molecule has 0 saturated carbocycles. The average Bonchev–Trinajstić information content (AvgIpc) is 2.11. The number of hydrogen-bond donors (Lipinski definition) is 1. The number of halogens is 1. The van der Waals surface area contributed by atoms with Crippen LogP contribution in [0.1, 0.15) is 22.8 Å². The molecule has 1 N–H and O–H groups in total. The SMILES string of the molecule is CC(=O)c1cc(CC#N)cc(Br)c1O. The highest BCUT2D eigenvalue weighted by Gasteiger charge is 2.11. The number of aromatic hydroxyl groups is 1. The van der Waals surface area contributed by atoms with Crippen LogP contribution in [0.15, 0.2) is 16.6 Å². The second-order valence-electron chi connectivity index (χ2n) is 2.86. The van der Waals surface area contributed by atoms with E-state index in [0.717, 1.165) is 0 Å². The summed E-state index contributed by atoms with van der Waals surface area (Å²) < 4.78 is 0.440. The number of rotatable bonds is 2. The van der Waals surface area contributed by atoms with E-state index in [0.29, 0.717) is 10.0 Å². The molecule has 0 atom stereocenters. The Morgan fingerprint density at radius 1 is 1.64 bits per heavy atom. The first kappa shape index (κ1) is 10.7. The topological polar surface area (TPSA) is 61.1 Å². The summed E-state index contributed by atoms with van der Waals surface area (Å²) >= 11 is 3.12. The highest BCUT2D eigenvalue weighted by atomic mass is 79.9. The molecule has 0 radical (unpaired) electrons. The second kappa shape index (κ2) is 4.25. The first-order valence-electron chi connectivity index (χ1n) is 3.95. The van der Waals surface area contributed by atoms with Gasteiger partial charge < -0.3 is 5.11 Å². The summed E-state index contributed by atoms with van der Waals surface area (Å²) in [5.74, 6) is -0.290. The van der Waals surface area contributed by atoms with Crippen molar-refractivity contribution in [1.29, 1.82) is 5.26 Å². The predicted octanol–water partition coefficient (Wildman–Crippen LogP) is 2.42. The molecule has 0 heterocycles. The van der Waals surface area contributed by atoms with Crippen LogP contribution in [0, 0.1) is 11.3 Å². The summed E-state index contributed by atoms with van der Waals surface area (Å²) in [4.78, 5) is 11.1. The standard InChI is InChI=1S/C10H8BrNO2/c1-6(13)8-4-7(2-3-12)5-9(11)10(8)14/h4-5,14H,2H2,1H3. The minimum absolute atomic E-state index is 0.0702. The largest absolute Gasteiger partial charge is 0.506 e. The molecule has 0 aliphatic carbocycles. The molecule has 1 aromatic rings. The number of phenolic OH excluding ortho intramolecular Hbond substituents is 1. The number of nitrogens with zero attached hydrogens (tertiary/aromatic N) is 1. The van der Waals surface area contributed by atoms with E-state index in [-0.39, 0.29) is 23.5 Å². The second-order valence-corrected chi connectivity index (χ2v) is 3.72. The fraction of sp³-hybridized carbons (Fsp3) is 0.200. The van der Waals surface area contributed by atoms with Crippen molar-refractivity contribution in [3.8, 4) is 11.8 Å². The third kappa shape index (κ3) is 2.12. The van der Waals surface area contributed by atoms with E-state index >= 15 is 0 Å². The molecule has 0 aromatic heterocycles. The van der Waals surface area contributed by atoms with Gasteiger partial charge in [0.2, 0.25) is 0 Å². The van der Waals surface area contributed by atoms with Gasteiger partial charge in [0.1, 0.15) is 5.75 Å². The molecule has 4 heteroatoms. The molecular weight excluding hydrogens is 246 g/mol. The van der Waals surface area contributed by atoms with E-state index in [1.807, 2.05) is 6.07 Å². The van der Waals surface area contributed by atoms with Crippen LogP contribution in [0.4, 0.5) is 0 Å². The van der Waals surface area contributed by atoms with Gasteiger partial charge in [-0.15, -0.1) is 0 Å². The Labute approximate surface area is 90.1 Å². The average molecular weight is 254 g/mol. The van der Waals surface area contributed by atoms with Crippen LogP contribution in [-0.2, 0) is 6.42 Å². The summed E-state index contributed by atoms with van der Waals surface area (Å²) in [6, 6.07) is 5.15. The Bertz CT molecular complexity index is 421. The van der Waals surface area contributed by atoms with Crippen molar-refractivity contribution in [3.63, 3.8) is 0 Å². The van der Waals surface area contributed by atoms with E-state index in [1.54, 1.807) is 6.07 Å². The molecule has 0 saturated heterocycles. The van der Waals surface area contributed by atoms with Crippen molar-refractivity contribution < 1.29 is 9.90 Å². The van der Waals surface area contributed by atoms with Gasteiger partial charge in [-0.3, -0.25) is 4.79 Å². The molecule has 0 fully saturated rings. The normalized spacial score (nSPS) is 9.50. The highest BCUT2D eigenvalue weighted by Crippen LogP contribution is 2.29. The van der Waals surface area contributed by atoms with Crippen molar-refractivity contribution in [1.82, 2.24) is 0 Å². The minimum atomic E-state index is -0.219. The fourth-order valence-electron chi connectivity index (χ4n) is 1.12. The molecule has 0 bridgehead atoms. The number of carbonyl (C=O) groups is 1. The Balaban J connectivity index is 3.29. The van der Waals surface area contributed by atoms with Gasteiger partial charge in [0.25, 0.3) is 0 Å². The van der Waals surface area contributed by atoms with Gasteiger partial charge in [0, 0.05) is 0 Å². The first-order chi connectivity index (χ1) is 6.56. The minimum Gasteiger partial charge on any atom is -0.506 e. The summed E-state index contributed by atoms with van der Waals surface area (Å²) in [5, 5.41) is 18.0. The van der Waals surface area contributed by atoms with Crippen LogP contribution in [0.5, 0.6) is 5.75 Å². The van der Waals surface area contributed by atoms with Crippen LogP contribution in [0.3, 0.4) is 0 Å². The summed E-state index contributed by atoms with van der Waals surface area (Å²) in [7, 11) is 0. The van der Waals surface area contributed by atoms with Gasteiger partial charge in [-0.25, -0.2) is 0 Å². The van der Waals surface area contributed by atoms with Crippen molar-refractivity contribution in [2.24, 2.45) is 0 Å². The van der Waals surface area contributed by atoms with Crippen LogP contribution in [0.2, 0.25) is 0 Å². The lowest BCUT2D eigenvalue weighted by Crippen LogP contribution is -1.95. The van der Waals surface area contributed by atoms with Crippen molar-refractivity contribution in [2.75, 3.05) is 0 Å². The number of Topliss-reactive ketones (excluding diaryl/α,β-unsaturated/α-hetero) is 1. The number of phenols is 1. The van der Waals surface area contributed by atoms with Crippen LogP contribution >= 0.6 is 15.9 Å². The van der Waals surface area contributed by atoms with Gasteiger partial charge in [0.15, 0.2) is 5.78 Å². The third-order valence-electron chi connectivity index (χ3n) is 1.79. The summed E-state index contributed by atoms with van der Waals surface area (Å²) in [6.45, 7) is 1.37. The lowest BCUT2D eigenvalue weighted by Gasteiger charge is -2.05. The number of carbonyl (C=O) groups excluding carboxylic acids is 1. The molecule has 0 amide bonds. The van der Waals surface area contributed by atoms with E-state index < -0.39 is 0 Å². The monoisotopic (exact) mass is 253 g/mol. The van der Waals surface area contributed by atoms with Crippen molar-refractivity contribution >= 4 is 21.7 Å². The fourth-order valence-corrected chi connectivity index (χ4v) is 1.62. The van der Waals surface area contributed by atoms with E-state index in [9.17, 15) is 9.90 Å². The van der Waals surface area contributed by atoms with Gasteiger partial charge in [-0.2, -0.15) is 5.26 Å². The number of benzene rings is 1. The third-order valence-corrected chi connectivity index (χ3v) is 2.39. The molecule has 1 aromatic carbocycles. The molecule has 72 valence electrons. The van der Waals surface area contributed by atoms with E-state index in [2.05, 4.69) is 15.9 Å². The van der Waals surface area contributed by atoms with Gasteiger partial charge in [-0.1, -0.05) is 0 Å². The molecule has 0 aliphatic heterocycles. The van der Waals surface area contributed by atoms with Crippen LogP contribution in [0.25, 0.3) is 0 Å². The molecule has 0 spiro atoms. The molecular formula is C10H8BrNO2. The van der Waals surface area contributed by atoms with E-state index in [4.69, 9.17) is 5.26 Å². The van der Waals surface area contributed by atoms with Gasteiger partial charge >= 0.3 is 0 Å². The van der Waals surface area contributed by atoms with E-state index in [1.165, 1.54) is 13.0 Å². The number of ketones is 1. The molecule has 14 heavy (non-hydrogen) atoms. The smallest absolute Gasteiger partial charge is 0.163 e. The Kier molecular flexibility index (Phi) is 3.26. The zero-order chi connectivity index (χ0) is 10.7. The first-order valence-corrected chi connectivity index (χ1v) is 4.75. The Hall–Kier alpha value is -1.34. The predicted molar refractivity (Wildman–Crippen MR) is 55.1 cm³/mol. The lowest BCUT2D eigenvalue weighted by molar-refractivity contribution is 0.101. The van der Waals surface area contributed by atoms with Crippen LogP contribution < -0.4 is 0 Å². The molecule has 1 rings (SSSR count). The van der Waals surface area contributed by atoms with Gasteiger partial charge in [0.05, 0.1) is 22.5 Å². The molecule has 0 unspecified atom stereocenters. The van der Waals surface area contributed by atoms with Crippen molar-refractivity contribution in [2.45, 2.75) is 13.3 Å². The Morgan fingerprint density at radius 2 is 2.29 bits per heavy atom. The Morgan fingerprint density at radius 3 is 2.79 bits per heavy atom. The maximum Gasteiger partial charge on any atom is 0.163 e. The maximum atomic E-state index is 11.1. The van der Waals surface area contributed by atoms with Crippen molar-refractivity contribution in [3.05, 3.63) is 27.7 Å². The molecule has 0 aliphatic rings.